The molecule has 0 atom stereocenters. The van der Waals surface area contributed by atoms with E-state index in [1.54, 1.807) is 13.8 Å². The zero-order valence-corrected chi connectivity index (χ0v) is 19.2. The molecule has 2 heterocycles. The Morgan fingerprint density at radius 2 is 1.77 bits per heavy atom. The fraction of sp³-hybridized carbons (Fsp3) is 0.560. The van der Waals surface area contributed by atoms with E-state index >= 15 is 0 Å². The molecule has 4 nitrogen and oxygen atoms in total. The molecular formula is C25H33N3OS. The quantitative estimate of drug-likeness (QED) is 0.561. The van der Waals surface area contributed by atoms with Crippen LogP contribution in [0, 0.1) is 5.41 Å². The van der Waals surface area contributed by atoms with Crippen molar-refractivity contribution in [3.05, 3.63) is 42.1 Å². The van der Waals surface area contributed by atoms with Gasteiger partial charge in [0.15, 0.2) is 0 Å². The summed E-state index contributed by atoms with van der Waals surface area (Å²) in [5.74, 6) is 0. The number of aromatic nitrogens is 1. The Balaban J connectivity index is 1.47. The molecule has 1 aromatic heterocycles. The monoisotopic (exact) mass is 423 g/mol. The lowest BCUT2D eigenvalue weighted by Crippen LogP contribution is -2.34. The van der Waals surface area contributed by atoms with Gasteiger partial charge in [-0.25, -0.2) is 4.98 Å². The minimum atomic E-state index is -0.947. The summed E-state index contributed by atoms with van der Waals surface area (Å²) in [5, 5.41) is 10.5. The molecule has 5 rings (SSSR count). The number of aliphatic hydroxyl groups is 1. The van der Waals surface area contributed by atoms with Crippen LogP contribution in [-0.2, 0) is 5.60 Å². The van der Waals surface area contributed by atoms with Gasteiger partial charge < -0.3 is 14.7 Å². The first kappa shape index (κ1) is 20.2. The van der Waals surface area contributed by atoms with E-state index in [4.69, 9.17) is 4.98 Å². The van der Waals surface area contributed by atoms with E-state index in [1.165, 1.54) is 44.2 Å². The first-order valence-electron chi connectivity index (χ1n) is 11.3. The number of anilines is 2. The van der Waals surface area contributed by atoms with Crippen molar-refractivity contribution >= 4 is 23.3 Å². The summed E-state index contributed by atoms with van der Waals surface area (Å²) >= 11 is 1.85. The molecule has 1 spiro atoms. The highest BCUT2D eigenvalue weighted by molar-refractivity contribution is 8.02. The Morgan fingerprint density at radius 1 is 1.03 bits per heavy atom. The number of benzene rings is 1. The minimum Gasteiger partial charge on any atom is -0.384 e. The maximum absolute atomic E-state index is 10.5. The Labute approximate surface area is 184 Å². The van der Waals surface area contributed by atoms with Gasteiger partial charge in [0, 0.05) is 34.8 Å². The number of hydrogen-bond acceptors (Lipinski definition) is 5. The van der Waals surface area contributed by atoms with Gasteiger partial charge >= 0.3 is 0 Å². The van der Waals surface area contributed by atoms with E-state index in [-0.39, 0.29) is 0 Å². The molecule has 1 aromatic carbocycles. The van der Waals surface area contributed by atoms with Crippen molar-refractivity contribution in [2.75, 3.05) is 22.7 Å². The van der Waals surface area contributed by atoms with Crippen LogP contribution in [0.3, 0.4) is 0 Å². The highest BCUT2D eigenvalue weighted by atomic mass is 32.2. The standard InChI is InChI=1S/C25H33N3OS/c1-23(2,29)22-6-4-5-20(26-22)19-8-7-18(27-30-24(3)9-10-24)17-21(19)28-15-13-25(11-12-25)14-16-28/h4-8,17,27,29H,9-16H2,1-3H3. The molecule has 0 radical (unpaired) electrons. The zero-order valence-electron chi connectivity index (χ0n) is 18.4. The summed E-state index contributed by atoms with van der Waals surface area (Å²) in [6.45, 7) is 8.15. The molecule has 0 amide bonds. The maximum Gasteiger partial charge on any atom is 0.101 e. The molecule has 160 valence electrons. The Bertz CT molecular complexity index is 934. The molecule has 1 aliphatic heterocycles. The Kier molecular flexibility index (Phi) is 4.82. The lowest BCUT2D eigenvalue weighted by Gasteiger charge is -2.35. The van der Waals surface area contributed by atoms with Gasteiger partial charge in [-0.15, -0.1) is 0 Å². The normalized spacial score (nSPS) is 21.5. The van der Waals surface area contributed by atoms with Crippen LogP contribution in [0.1, 0.15) is 65.0 Å². The summed E-state index contributed by atoms with van der Waals surface area (Å²) < 4.78 is 3.99. The third-order valence-electron chi connectivity index (χ3n) is 7.14. The van der Waals surface area contributed by atoms with Crippen LogP contribution in [0.2, 0.25) is 0 Å². The molecule has 1 saturated heterocycles. The number of piperidine rings is 1. The van der Waals surface area contributed by atoms with Crippen molar-refractivity contribution in [1.82, 2.24) is 4.98 Å². The first-order valence-corrected chi connectivity index (χ1v) is 12.1. The molecule has 2 saturated carbocycles. The van der Waals surface area contributed by atoms with Gasteiger partial charge in [0.25, 0.3) is 0 Å². The summed E-state index contributed by atoms with van der Waals surface area (Å²) in [6.07, 6.45) is 8.01. The molecule has 5 heteroatoms. The highest BCUT2D eigenvalue weighted by Gasteiger charge is 2.44. The summed E-state index contributed by atoms with van der Waals surface area (Å²) in [6, 6.07) is 12.6. The van der Waals surface area contributed by atoms with E-state index < -0.39 is 5.60 Å². The van der Waals surface area contributed by atoms with Crippen LogP contribution in [-0.4, -0.2) is 27.9 Å². The first-order chi connectivity index (χ1) is 14.3. The second kappa shape index (κ2) is 7.16. The molecular weight excluding hydrogens is 390 g/mol. The average Bonchev–Trinajstić information content (AvgIpc) is 3.66. The molecule has 2 aliphatic carbocycles. The zero-order chi connectivity index (χ0) is 21.0. The van der Waals surface area contributed by atoms with E-state index in [1.807, 2.05) is 24.1 Å². The molecule has 3 aliphatic rings. The predicted octanol–water partition coefficient (Wildman–Crippen LogP) is 5.97. The Hall–Kier alpha value is -1.72. The van der Waals surface area contributed by atoms with Gasteiger partial charge in [0.1, 0.15) is 5.60 Å². The van der Waals surface area contributed by atoms with E-state index in [0.717, 1.165) is 30.0 Å². The third-order valence-corrected chi connectivity index (χ3v) is 8.38. The number of hydrogen-bond donors (Lipinski definition) is 2. The van der Waals surface area contributed by atoms with Gasteiger partial charge in [-0.2, -0.15) is 0 Å². The van der Waals surface area contributed by atoms with Crippen molar-refractivity contribution < 1.29 is 5.11 Å². The van der Waals surface area contributed by atoms with Crippen LogP contribution >= 0.6 is 11.9 Å². The lowest BCUT2D eigenvalue weighted by atomic mass is 9.92. The van der Waals surface area contributed by atoms with Crippen LogP contribution in [0.25, 0.3) is 11.3 Å². The number of rotatable bonds is 6. The topological polar surface area (TPSA) is 48.4 Å². The van der Waals surface area contributed by atoms with Crippen molar-refractivity contribution in [1.29, 1.82) is 0 Å². The van der Waals surface area contributed by atoms with Gasteiger partial charge in [0.05, 0.1) is 11.4 Å². The smallest absolute Gasteiger partial charge is 0.101 e. The second-order valence-electron chi connectivity index (χ2n) is 10.3. The van der Waals surface area contributed by atoms with Crippen molar-refractivity contribution in [3.63, 3.8) is 0 Å². The van der Waals surface area contributed by atoms with Gasteiger partial charge in [-0.1, -0.05) is 6.07 Å². The van der Waals surface area contributed by atoms with Crippen LogP contribution in [0.4, 0.5) is 11.4 Å². The number of nitrogens with zero attached hydrogens (tertiary/aromatic N) is 2. The molecule has 2 aromatic rings. The summed E-state index contributed by atoms with van der Waals surface area (Å²) in [5.41, 5.74) is 4.93. The van der Waals surface area contributed by atoms with Crippen molar-refractivity contribution in [3.8, 4) is 11.3 Å². The van der Waals surface area contributed by atoms with Crippen molar-refractivity contribution in [2.24, 2.45) is 5.41 Å². The predicted molar refractivity (Wildman–Crippen MR) is 127 cm³/mol. The summed E-state index contributed by atoms with van der Waals surface area (Å²) in [7, 11) is 0. The largest absolute Gasteiger partial charge is 0.384 e. The minimum absolute atomic E-state index is 0.394. The maximum atomic E-state index is 10.5. The fourth-order valence-corrected chi connectivity index (χ4v) is 5.16. The molecule has 3 fully saturated rings. The average molecular weight is 424 g/mol. The lowest BCUT2D eigenvalue weighted by molar-refractivity contribution is 0.0740. The number of pyridine rings is 1. The van der Waals surface area contributed by atoms with Gasteiger partial charge in [0.2, 0.25) is 0 Å². The molecule has 30 heavy (non-hydrogen) atoms. The molecule has 0 bridgehead atoms. The van der Waals surface area contributed by atoms with Crippen LogP contribution < -0.4 is 9.62 Å². The molecule has 0 unspecified atom stereocenters. The van der Waals surface area contributed by atoms with Crippen LogP contribution in [0.5, 0.6) is 0 Å². The summed E-state index contributed by atoms with van der Waals surface area (Å²) in [4.78, 5) is 7.38. The molecule has 2 N–H and O–H groups in total. The third kappa shape index (κ3) is 4.19. The Morgan fingerprint density at radius 3 is 2.40 bits per heavy atom. The number of nitrogens with one attached hydrogen (secondary N) is 1. The van der Waals surface area contributed by atoms with E-state index in [9.17, 15) is 5.11 Å². The fourth-order valence-electron chi connectivity index (χ4n) is 4.36. The van der Waals surface area contributed by atoms with E-state index in [0.29, 0.717) is 15.9 Å². The van der Waals surface area contributed by atoms with Crippen LogP contribution in [0.15, 0.2) is 36.4 Å². The SMILES string of the molecule is CC1(SNc2ccc(-c3cccc(C(C)(C)O)n3)c(N3CCC4(CC3)CC4)c2)CC1. The van der Waals surface area contributed by atoms with E-state index in [2.05, 4.69) is 40.8 Å². The second-order valence-corrected chi connectivity index (χ2v) is 11.7. The van der Waals surface area contributed by atoms with Crippen molar-refractivity contribution in [2.45, 2.75) is 69.6 Å². The van der Waals surface area contributed by atoms with Gasteiger partial charge in [-0.05, 0) is 107 Å². The highest BCUT2D eigenvalue weighted by Crippen LogP contribution is 2.54. The van der Waals surface area contributed by atoms with Gasteiger partial charge in [-0.3, -0.25) is 0 Å².